The number of rotatable bonds is 4. The summed E-state index contributed by atoms with van der Waals surface area (Å²) in [6.45, 7) is 0. The third kappa shape index (κ3) is 4.13. The number of hydrogen-bond donors (Lipinski definition) is 0. The molecule has 0 aliphatic rings. The van der Waals surface area contributed by atoms with E-state index in [1.807, 2.05) is 24.8 Å². The van der Waals surface area contributed by atoms with Crippen molar-refractivity contribution in [3.63, 3.8) is 0 Å². The standard InChI is InChI=1S/C46H28N2/c1-3-10-37-35(6-1)25-47-27-43(37)31-16-12-29(13-17-31)41-24-42(40-23-21-34-9-5-8-33-20-22-39(41)46(40)45(33)34)30-14-18-32(19-15-30)44-28-48-26-36-7-2-4-11-38(36)44/h1-28H. The monoisotopic (exact) mass is 608 g/mol. The van der Waals surface area contributed by atoms with Gasteiger partial charge in [0.2, 0.25) is 0 Å². The lowest BCUT2D eigenvalue weighted by Crippen LogP contribution is -1.91. The lowest BCUT2D eigenvalue weighted by Gasteiger charge is -2.18. The molecule has 8 aromatic carbocycles. The first-order valence-corrected chi connectivity index (χ1v) is 16.4. The Morgan fingerprint density at radius 2 is 0.688 bits per heavy atom. The molecule has 2 nitrogen and oxygen atoms in total. The van der Waals surface area contributed by atoms with E-state index in [9.17, 15) is 0 Å². The van der Waals surface area contributed by atoms with Crippen LogP contribution in [0.4, 0.5) is 0 Å². The Morgan fingerprint density at radius 1 is 0.271 bits per heavy atom. The summed E-state index contributed by atoms with van der Waals surface area (Å²) < 4.78 is 0. The lowest BCUT2D eigenvalue weighted by atomic mass is 9.85. The van der Waals surface area contributed by atoms with Gasteiger partial charge in [0, 0.05) is 46.7 Å². The van der Waals surface area contributed by atoms with Gasteiger partial charge in [-0.05, 0) is 82.5 Å². The molecule has 2 heteroatoms. The maximum Gasteiger partial charge on any atom is 0.0352 e. The molecule has 0 amide bonds. The van der Waals surface area contributed by atoms with Crippen molar-refractivity contribution >= 4 is 53.9 Å². The van der Waals surface area contributed by atoms with Crippen molar-refractivity contribution in [3.05, 3.63) is 170 Å². The van der Waals surface area contributed by atoms with Crippen LogP contribution in [0, 0.1) is 0 Å². The topological polar surface area (TPSA) is 25.8 Å². The van der Waals surface area contributed by atoms with Gasteiger partial charge in [0.15, 0.2) is 0 Å². The Balaban J connectivity index is 1.16. The van der Waals surface area contributed by atoms with E-state index in [2.05, 4.69) is 156 Å². The predicted molar refractivity (Wildman–Crippen MR) is 202 cm³/mol. The maximum absolute atomic E-state index is 4.54. The zero-order valence-corrected chi connectivity index (χ0v) is 26.1. The number of hydrogen-bond acceptors (Lipinski definition) is 2. The van der Waals surface area contributed by atoms with Gasteiger partial charge in [-0.2, -0.15) is 0 Å². The van der Waals surface area contributed by atoms with E-state index in [-0.39, 0.29) is 0 Å². The lowest BCUT2D eigenvalue weighted by molar-refractivity contribution is 1.36. The Morgan fingerprint density at radius 3 is 1.17 bits per heavy atom. The van der Waals surface area contributed by atoms with Crippen molar-refractivity contribution in [3.8, 4) is 44.5 Å². The van der Waals surface area contributed by atoms with Crippen LogP contribution in [0.25, 0.3) is 98.4 Å². The van der Waals surface area contributed by atoms with Gasteiger partial charge in [0.1, 0.15) is 0 Å². The van der Waals surface area contributed by atoms with Gasteiger partial charge >= 0.3 is 0 Å². The molecular formula is C46H28N2. The largest absolute Gasteiger partial charge is 0.263 e. The van der Waals surface area contributed by atoms with E-state index in [1.165, 1.54) is 76.5 Å². The molecule has 222 valence electrons. The minimum Gasteiger partial charge on any atom is -0.263 e. The van der Waals surface area contributed by atoms with Crippen molar-refractivity contribution in [1.29, 1.82) is 0 Å². The Kier molecular flexibility index (Phi) is 5.91. The molecule has 2 heterocycles. The van der Waals surface area contributed by atoms with Gasteiger partial charge in [-0.1, -0.05) is 140 Å². The molecule has 48 heavy (non-hydrogen) atoms. The average molecular weight is 609 g/mol. The van der Waals surface area contributed by atoms with Gasteiger partial charge < -0.3 is 0 Å². The minimum atomic E-state index is 1.15. The van der Waals surface area contributed by atoms with Crippen LogP contribution in [0.1, 0.15) is 0 Å². The normalized spacial score (nSPS) is 11.8. The third-order valence-electron chi connectivity index (χ3n) is 10.00. The first-order chi connectivity index (χ1) is 23.8. The number of pyridine rings is 2. The number of fused-ring (bicyclic) bond motifs is 2. The van der Waals surface area contributed by atoms with Crippen molar-refractivity contribution in [2.45, 2.75) is 0 Å². The Labute approximate surface area is 277 Å². The predicted octanol–water partition coefficient (Wildman–Crippen LogP) is 12.3. The van der Waals surface area contributed by atoms with Crippen molar-refractivity contribution in [1.82, 2.24) is 9.97 Å². The van der Waals surface area contributed by atoms with Crippen LogP contribution >= 0.6 is 0 Å². The molecule has 10 aromatic rings. The molecule has 0 N–H and O–H groups in total. The van der Waals surface area contributed by atoms with E-state index >= 15 is 0 Å². The Bertz CT molecular complexity index is 2620. The van der Waals surface area contributed by atoms with Gasteiger partial charge in [0.25, 0.3) is 0 Å². The summed E-state index contributed by atoms with van der Waals surface area (Å²) in [4.78, 5) is 9.08. The third-order valence-corrected chi connectivity index (χ3v) is 10.00. The zero-order valence-electron chi connectivity index (χ0n) is 26.1. The van der Waals surface area contributed by atoms with Gasteiger partial charge in [-0.15, -0.1) is 0 Å². The van der Waals surface area contributed by atoms with E-state index in [4.69, 9.17) is 0 Å². The molecule has 0 aliphatic carbocycles. The summed E-state index contributed by atoms with van der Waals surface area (Å²) in [5.74, 6) is 0. The molecule has 0 atom stereocenters. The molecule has 0 unspecified atom stereocenters. The quantitative estimate of drug-likeness (QED) is 0.186. The van der Waals surface area contributed by atoms with Crippen molar-refractivity contribution in [2.24, 2.45) is 0 Å². The van der Waals surface area contributed by atoms with Gasteiger partial charge in [-0.25, -0.2) is 0 Å². The zero-order chi connectivity index (χ0) is 31.6. The van der Waals surface area contributed by atoms with Crippen LogP contribution in [0.15, 0.2) is 170 Å². The van der Waals surface area contributed by atoms with Crippen LogP contribution in [0.3, 0.4) is 0 Å². The SMILES string of the molecule is c1ccc2c(-c3ccc(-c4cc(-c5ccc(-c6cncc7ccccc67)cc5)c5ccc6cccc7ccc4c5c76)cc3)cncc2c1. The first-order valence-electron chi connectivity index (χ1n) is 16.4. The minimum absolute atomic E-state index is 1.15. The van der Waals surface area contributed by atoms with Crippen LogP contribution in [0.5, 0.6) is 0 Å². The van der Waals surface area contributed by atoms with Crippen molar-refractivity contribution in [2.75, 3.05) is 0 Å². The second-order valence-electron chi connectivity index (χ2n) is 12.6. The Hall–Kier alpha value is -6.38. The van der Waals surface area contributed by atoms with E-state index in [1.54, 1.807) is 0 Å². The molecule has 0 radical (unpaired) electrons. The number of nitrogens with zero attached hydrogens (tertiary/aromatic N) is 2. The molecule has 10 rings (SSSR count). The molecule has 0 spiro atoms. The van der Waals surface area contributed by atoms with Crippen LogP contribution in [-0.4, -0.2) is 9.97 Å². The van der Waals surface area contributed by atoms with Gasteiger partial charge in [-0.3, -0.25) is 9.97 Å². The van der Waals surface area contributed by atoms with E-state index in [0.29, 0.717) is 0 Å². The summed E-state index contributed by atoms with van der Waals surface area (Å²) >= 11 is 0. The highest BCUT2D eigenvalue weighted by molar-refractivity contribution is 6.28. The summed E-state index contributed by atoms with van der Waals surface area (Å²) in [7, 11) is 0. The summed E-state index contributed by atoms with van der Waals surface area (Å²) in [5.41, 5.74) is 9.50. The fourth-order valence-corrected chi connectivity index (χ4v) is 7.66. The molecule has 2 aromatic heterocycles. The molecule has 0 saturated heterocycles. The summed E-state index contributed by atoms with van der Waals surface area (Å²) in [6.07, 6.45) is 7.82. The average Bonchev–Trinajstić information content (AvgIpc) is 3.16. The highest BCUT2D eigenvalue weighted by Crippen LogP contribution is 2.44. The van der Waals surface area contributed by atoms with E-state index in [0.717, 1.165) is 21.9 Å². The molecule has 0 aliphatic heterocycles. The van der Waals surface area contributed by atoms with Crippen LogP contribution < -0.4 is 0 Å². The summed E-state index contributed by atoms with van der Waals surface area (Å²) in [6, 6.07) is 53.1. The number of aromatic nitrogens is 2. The molecule has 0 saturated carbocycles. The maximum atomic E-state index is 4.54. The summed E-state index contributed by atoms with van der Waals surface area (Å²) in [5, 5.41) is 12.5. The molecule has 0 fully saturated rings. The second-order valence-corrected chi connectivity index (χ2v) is 12.6. The first kappa shape index (κ1) is 26.8. The number of benzene rings is 8. The fraction of sp³-hybridized carbons (Fsp3) is 0. The fourth-order valence-electron chi connectivity index (χ4n) is 7.66. The second kappa shape index (κ2) is 10.6. The smallest absolute Gasteiger partial charge is 0.0352 e. The van der Waals surface area contributed by atoms with E-state index < -0.39 is 0 Å². The highest BCUT2D eigenvalue weighted by Gasteiger charge is 2.17. The van der Waals surface area contributed by atoms with Crippen LogP contribution in [0.2, 0.25) is 0 Å². The molecule has 0 bridgehead atoms. The van der Waals surface area contributed by atoms with Crippen molar-refractivity contribution < 1.29 is 0 Å². The highest BCUT2D eigenvalue weighted by atomic mass is 14.6. The van der Waals surface area contributed by atoms with Gasteiger partial charge in [0.05, 0.1) is 0 Å². The van der Waals surface area contributed by atoms with Crippen LogP contribution in [-0.2, 0) is 0 Å². The molecular weight excluding hydrogens is 581 g/mol.